The molecule has 0 bridgehead atoms. The predicted molar refractivity (Wildman–Crippen MR) is 168 cm³/mol. The fourth-order valence-corrected chi connectivity index (χ4v) is 7.81. The number of rotatable bonds is 7. The van der Waals surface area contributed by atoms with Crippen molar-refractivity contribution in [3.05, 3.63) is 72.1 Å². The highest BCUT2D eigenvalue weighted by atomic mass is 19.1. The van der Waals surface area contributed by atoms with Gasteiger partial charge in [-0.2, -0.15) is 0 Å². The summed E-state index contributed by atoms with van der Waals surface area (Å²) >= 11 is 0. The minimum atomic E-state index is -0.224. The van der Waals surface area contributed by atoms with Gasteiger partial charge in [-0.25, -0.2) is 14.4 Å². The van der Waals surface area contributed by atoms with Gasteiger partial charge in [0.2, 0.25) is 0 Å². The van der Waals surface area contributed by atoms with E-state index in [-0.39, 0.29) is 11.9 Å². The molecule has 2 fully saturated rings. The maximum Gasteiger partial charge on any atom is 0.134 e. The Kier molecular flexibility index (Phi) is 7.15. The van der Waals surface area contributed by atoms with E-state index in [0.717, 1.165) is 80.6 Å². The SMILES string of the molecule is Fc1ccc(-c2nc3n(c2NC2CCC(C4NCCn5c4nc(-c4ccccc4)c5NC4CCCC4)C2)CCNC3)cc1. The Morgan fingerprint density at radius 2 is 1.47 bits per heavy atom. The van der Waals surface area contributed by atoms with Gasteiger partial charge in [-0.15, -0.1) is 0 Å². The van der Waals surface area contributed by atoms with Gasteiger partial charge in [-0.1, -0.05) is 43.2 Å². The highest BCUT2D eigenvalue weighted by Crippen LogP contribution is 2.42. The van der Waals surface area contributed by atoms with Crippen LogP contribution in [0, 0.1) is 11.7 Å². The van der Waals surface area contributed by atoms with E-state index in [1.165, 1.54) is 55.0 Å². The number of nitrogens with zero attached hydrogens (tertiary/aromatic N) is 4. The van der Waals surface area contributed by atoms with E-state index < -0.39 is 0 Å². The Hall–Kier alpha value is -3.69. The lowest BCUT2D eigenvalue weighted by Crippen LogP contribution is -2.38. The standard InChI is InChI=1S/C34H41FN8/c35-25-13-10-23(11-14-25)30-33(42-18-16-36-21-28(42)40-30)39-27-15-12-24(20-27)29-32-41-31(22-6-2-1-3-7-22)34(43(32)19-17-37-29)38-26-8-4-5-9-26/h1-3,6-7,10-11,13-14,24,26-27,29,36-39H,4-5,8-9,12,15-21H2. The second kappa shape index (κ2) is 11.4. The Bertz CT molecular complexity index is 1570. The number of nitrogens with one attached hydrogen (secondary N) is 4. The summed E-state index contributed by atoms with van der Waals surface area (Å²) in [5, 5.41) is 15.2. The normalized spacial score (nSPS) is 23.7. The molecule has 2 aliphatic heterocycles. The molecular weight excluding hydrogens is 539 g/mol. The van der Waals surface area contributed by atoms with Crippen LogP contribution in [0.15, 0.2) is 54.6 Å². The molecule has 4 heterocycles. The van der Waals surface area contributed by atoms with Crippen LogP contribution in [-0.2, 0) is 19.6 Å². The highest BCUT2D eigenvalue weighted by molar-refractivity contribution is 5.74. The Labute approximate surface area is 252 Å². The van der Waals surface area contributed by atoms with Crippen LogP contribution >= 0.6 is 0 Å². The van der Waals surface area contributed by atoms with Crippen LogP contribution in [-0.4, -0.2) is 44.3 Å². The van der Waals surface area contributed by atoms with Gasteiger partial charge in [-0.3, -0.25) is 0 Å². The number of fused-ring (bicyclic) bond motifs is 2. The van der Waals surface area contributed by atoms with Crippen LogP contribution in [0.3, 0.4) is 0 Å². The maximum atomic E-state index is 13.7. The molecule has 0 radical (unpaired) electrons. The zero-order chi connectivity index (χ0) is 28.8. The van der Waals surface area contributed by atoms with Gasteiger partial charge < -0.3 is 30.4 Å². The molecule has 0 spiro atoms. The molecule has 2 saturated carbocycles. The van der Waals surface area contributed by atoms with Crippen molar-refractivity contribution in [1.29, 1.82) is 0 Å². The summed E-state index contributed by atoms with van der Waals surface area (Å²) in [5.41, 5.74) is 4.14. The van der Waals surface area contributed by atoms with Crippen LogP contribution in [0.1, 0.15) is 62.6 Å². The average Bonchev–Trinajstić information content (AvgIpc) is 3.86. The van der Waals surface area contributed by atoms with Crippen molar-refractivity contribution < 1.29 is 4.39 Å². The summed E-state index contributed by atoms with van der Waals surface area (Å²) in [6.45, 7) is 4.44. The molecule has 8 nitrogen and oxygen atoms in total. The van der Waals surface area contributed by atoms with Crippen molar-refractivity contribution in [3.8, 4) is 22.5 Å². The summed E-state index contributed by atoms with van der Waals surface area (Å²) in [5.74, 6) is 4.75. The second-order valence-electron chi connectivity index (χ2n) is 12.7. The molecule has 9 heteroatoms. The first kappa shape index (κ1) is 26.9. The minimum Gasteiger partial charge on any atom is -0.367 e. The smallest absolute Gasteiger partial charge is 0.134 e. The molecule has 2 aromatic heterocycles. The largest absolute Gasteiger partial charge is 0.367 e. The van der Waals surface area contributed by atoms with E-state index in [4.69, 9.17) is 9.97 Å². The Morgan fingerprint density at radius 3 is 2.30 bits per heavy atom. The fraction of sp³-hybridized carbons (Fsp3) is 0.471. The van der Waals surface area contributed by atoms with Crippen LogP contribution < -0.4 is 21.3 Å². The van der Waals surface area contributed by atoms with E-state index in [0.29, 0.717) is 18.0 Å². The predicted octanol–water partition coefficient (Wildman–Crippen LogP) is 5.94. The minimum absolute atomic E-state index is 0.224. The molecule has 4 aliphatic rings. The zero-order valence-corrected chi connectivity index (χ0v) is 24.7. The van der Waals surface area contributed by atoms with Gasteiger partial charge in [-0.05, 0) is 62.3 Å². The lowest BCUT2D eigenvalue weighted by atomic mass is 9.96. The zero-order valence-electron chi connectivity index (χ0n) is 24.7. The summed E-state index contributed by atoms with van der Waals surface area (Å²) in [4.78, 5) is 10.4. The Morgan fingerprint density at radius 1 is 0.744 bits per heavy atom. The third kappa shape index (κ3) is 5.12. The van der Waals surface area contributed by atoms with Gasteiger partial charge in [0.25, 0.3) is 0 Å². The van der Waals surface area contributed by atoms with Crippen molar-refractivity contribution in [2.75, 3.05) is 23.7 Å². The van der Waals surface area contributed by atoms with Crippen molar-refractivity contribution in [3.63, 3.8) is 0 Å². The molecule has 2 aromatic carbocycles. The average molecular weight is 581 g/mol. The number of hydrogen-bond acceptors (Lipinski definition) is 6. The van der Waals surface area contributed by atoms with E-state index >= 15 is 0 Å². The molecule has 43 heavy (non-hydrogen) atoms. The quantitative estimate of drug-likeness (QED) is 0.217. The number of aromatic nitrogens is 4. The third-order valence-corrected chi connectivity index (χ3v) is 9.96. The molecule has 3 unspecified atom stereocenters. The van der Waals surface area contributed by atoms with Crippen molar-refractivity contribution >= 4 is 11.6 Å². The molecule has 2 aliphatic carbocycles. The number of anilines is 2. The second-order valence-corrected chi connectivity index (χ2v) is 12.7. The van der Waals surface area contributed by atoms with Crippen molar-refractivity contribution in [1.82, 2.24) is 29.7 Å². The van der Waals surface area contributed by atoms with Crippen LogP contribution in [0.4, 0.5) is 16.0 Å². The summed E-state index contributed by atoms with van der Waals surface area (Å²) in [6.07, 6.45) is 8.39. The molecule has 4 aromatic rings. The number of benzene rings is 2. The number of halogens is 1. The van der Waals surface area contributed by atoms with E-state index in [2.05, 4.69) is 60.7 Å². The fourth-order valence-electron chi connectivity index (χ4n) is 7.81. The van der Waals surface area contributed by atoms with Gasteiger partial charge in [0.05, 0.1) is 12.6 Å². The number of imidazole rings is 2. The van der Waals surface area contributed by atoms with Crippen LogP contribution in [0.5, 0.6) is 0 Å². The van der Waals surface area contributed by atoms with Crippen LogP contribution in [0.25, 0.3) is 22.5 Å². The monoisotopic (exact) mass is 580 g/mol. The number of hydrogen-bond donors (Lipinski definition) is 4. The van der Waals surface area contributed by atoms with E-state index in [1.54, 1.807) is 0 Å². The van der Waals surface area contributed by atoms with Crippen molar-refractivity contribution in [2.24, 2.45) is 5.92 Å². The van der Waals surface area contributed by atoms with Crippen LogP contribution in [0.2, 0.25) is 0 Å². The van der Waals surface area contributed by atoms with Gasteiger partial charge in [0.1, 0.15) is 40.5 Å². The van der Waals surface area contributed by atoms with Crippen molar-refractivity contribution in [2.45, 2.75) is 82.7 Å². The highest BCUT2D eigenvalue weighted by Gasteiger charge is 2.38. The molecular formula is C34H41FN8. The lowest BCUT2D eigenvalue weighted by molar-refractivity contribution is 0.308. The first-order valence-electron chi connectivity index (χ1n) is 16.2. The molecule has 8 rings (SSSR count). The molecule has 4 N–H and O–H groups in total. The maximum absolute atomic E-state index is 13.7. The summed E-state index contributed by atoms with van der Waals surface area (Å²) < 4.78 is 18.5. The van der Waals surface area contributed by atoms with Gasteiger partial charge >= 0.3 is 0 Å². The first-order valence-corrected chi connectivity index (χ1v) is 16.2. The molecule has 0 amide bonds. The van der Waals surface area contributed by atoms with E-state index in [1.807, 2.05) is 12.1 Å². The summed E-state index contributed by atoms with van der Waals surface area (Å²) in [6, 6.07) is 18.5. The molecule has 0 saturated heterocycles. The van der Waals surface area contributed by atoms with E-state index in [9.17, 15) is 4.39 Å². The topological polar surface area (TPSA) is 83.8 Å². The summed E-state index contributed by atoms with van der Waals surface area (Å²) in [7, 11) is 0. The Balaban J connectivity index is 1.07. The van der Waals surface area contributed by atoms with Gasteiger partial charge in [0, 0.05) is 49.4 Å². The lowest BCUT2D eigenvalue weighted by Gasteiger charge is -2.31. The first-order chi connectivity index (χ1) is 21.2. The third-order valence-electron chi connectivity index (χ3n) is 9.96. The van der Waals surface area contributed by atoms with Gasteiger partial charge in [0.15, 0.2) is 0 Å². The molecule has 224 valence electrons. The molecule has 3 atom stereocenters.